The topological polar surface area (TPSA) is 32.3 Å². The molecule has 1 aromatic carbocycles. The number of amides is 1. The van der Waals surface area contributed by atoms with Crippen molar-refractivity contribution in [3.8, 4) is 0 Å². The Balaban J connectivity index is 0.00000180. The summed E-state index contributed by atoms with van der Waals surface area (Å²) in [5.74, 6) is -1.88. The van der Waals surface area contributed by atoms with Crippen molar-refractivity contribution in [3.05, 3.63) is 35.4 Å². The smallest absolute Gasteiger partial charge is 0.227 e. The van der Waals surface area contributed by atoms with Gasteiger partial charge in [-0.15, -0.1) is 12.4 Å². The molecule has 1 atom stereocenters. The Morgan fingerprint density at radius 2 is 2.16 bits per heavy atom. The molecule has 1 unspecified atom stereocenters. The molecular weight excluding hydrogens is 274 g/mol. The molecule has 1 fully saturated rings. The number of benzene rings is 1. The van der Waals surface area contributed by atoms with Crippen LogP contribution in [0.3, 0.4) is 0 Å². The fraction of sp³-hybridized carbons (Fsp3) is 0.462. The van der Waals surface area contributed by atoms with Gasteiger partial charge in [-0.1, -0.05) is 6.07 Å². The lowest BCUT2D eigenvalue weighted by atomic mass is 10.1. The Bertz CT molecular complexity index is 450. The SMILES string of the molecule is CN(C(=O)Cc1ccc(F)c(F)c1)C1CCNC1.Cl. The van der Waals surface area contributed by atoms with Gasteiger partial charge in [-0.25, -0.2) is 8.78 Å². The summed E-state index contributed by atoms with van der Waals surface area (Å²) < 4.78 is 25.8. The lowest BCUT2D eigenvalue weighted by molar-refractivity contribution is -0.130. The number of nitrogens with one attached hydrogen (secondary N) is 1. The van der Waals surface area contributed by atoms with Gasteiger partial charge in [0.05, 0.1) is 6.42 Å². The van der Waals surface area contributed by atoms with Gasteiger partial charge >= 0.3 is 0 Å². The zero-order valence-electron chi connectivity index (χ0n) is 10.7. The third kappa shape index (κ3) is 3.88. The van der Waals surface area contributed by atoms with Crippen molar-refractivity contribution in [2.24, 2.45) is 0 Å². The summed E-state index contributed by atoms with van der Waals surface area (Å²) in [5, 5.41) is 3.19. The standard InChI is InChI=1S/C13H16F2N2O.ClH/c1-17(10-4-5-16-8-10)13(18)7-9-2-3-11(14)12(15)6-9;/h2-3,6,10,16H,4-5,7-8H2,1H3;1H. The van der Waals surface area contributed by atoms with Crippen LogP contribution >= 0.6 is 12.4 Å². The average molecular weight is 291 g/mol. The molecule has 0 saturated carbocycles. The zero-order valence-corrected chi connectivity index (χ0v) is 11.5. The highest BCUT2D eigenvalue weighted by Gasteiger charge is 2.23. The summed E-state index contributed by atoms with van der Waals surface area (Å²) in [5.41, 5.74) is 0.497. The second kappa shape index (κ2) is 6.82. The van der Waals surface area contributed by atoms with E-state index in [0.717, 1.165) is 31.6 Å². The van der Waals surface area contributed by atoms with Crippen molar-refractivity contribution in [3.63, 3.8) is 0 Å². The van der Waals surface area contributed by atoms with E-state index in [1.807, 2.05) is 0 Å². The number of carbonyl (C=O) groups is 1. The largest absolute Gasteiger partial charge is 0.341 e. The predicted octanol–water partition coefficient (Wildman–Crippen LogP) is 1.75. The summed E-state index contributed by atoms with van der Waals surface area (Å²) in [6, 6.07) is 3.77. The third-order valence-corrected chi connectivity index (χ3v) is 3.31. The van der Waals surface area contributed by atoms with E-state index >= 15 is 0 Å². The van der Waals surface area contributed by atoms with Crippen molar-refractivity contribution in [1.29, 1.82) is 0 Å². The minimum absolute atomic E-state index is 0. The first-order valence-electron chi connectivity index (χ1n) is 5.98. The van der Waals surface area contributed by atoms with E-state index in [4.69, 9.17) is 0 Å². The predicted molar refractivity (Wildman–Crippen MR) is 71.4 cm³/mol. The normalized spacial score (nSPS) is 17.9. The molecule has 19 heavy (non-hydrogen) atoms. The van der Waals surface area contributed by atoms with Crippen molar-refractivity contribution in [1.82, 2.24) is 10.2 Å². The van der Waals surface area contributed by atoms with Gasteiger partial charge in [0.2, 0.25) is 5.91 Å². The van der Waals surface area contributed by atoms with Gasteiger partial charge in [0.1, 0.15) is 0 Å². The van der Waals surface area contributed by atoms with E-state index in [-0.39, 0.29) is 30.8 Å². The molecular formula is C13H17ClF2N2O. The number of hydrogen-bond donors (Lipinski definition) is 1. The lowest BCUT2D eigenvalue weighted by Crippen LogP contribution is -2.39. The first kappa shape index (κ1) is 15.9. The van der Waals surface area contributed by atoms with E-state index in [9.17, 15) is 13.6 Å². The molecule has 6 heteroatoms. The summed E-state index contributed by atoms with van der Waals surface area (Å²) in [4.78, 5) is 13.7. The Morgan fingerprint density at radius 1 is 1.42 bits per heavy atom. The molecule has 1 aromatic rings. The van der Waals surface area contributed by atoms with Crippen LogP contribution in [0.5, 0.6) is 0 Å². The highest BCUT2D eigenvalue weighted by Crippen LogP contribution is 2.12. The molecule has 2 rings (SSSR count). The van der Waals surface area contributed by atoms with Gasteiger partial charge in [-0.2, -0.15) is 0 Å². The quantitative estimate of drug-likeness (QED) is 0.920. The summed E-state index contributed by atoms with van der Waals surface area (Å²) in [6.07, 6.45) is 1.03. The first-order valence-corrected chi connectivity index (χ1v) is 5.98. The van der Waals surface area contributed by atoms with E-state index in [1.54, 1.807) is 11.9 Å². The van der Waals surface area contributed by atoms with Gasteiger partial charge in [-0.3, -0.25) is 4.79 Å². The van der Waals surface area contributed by atoms with Crippen LogP contribution in [-0.4, -0.2) is 37.0 Å². The Hall–Kier alpha value is -1.20. The van der Waals surface area contributed by atoms with Gasteiger partial charge in [0, 0.05) is 19.6 Å². The molecule has 1 amide bonds. The molecule has 0 aliphatic carbocycles. The van der Waals surface area contributed by atoms with Crippen molar-refractivity contribution in [2.75, 3.05) is 20.1 Å². The highest BCUT2D eigenvalue weighted by molar-refractivity contribution is 5.85. The second-order valence-corrected chi connectivity index (χ2v) is 4.58. The van der Waals surface area contributed by atoms with Crippen LogP contribution in [0.1, 0.15) is 12.0 Å². The summed E-state index contributed by atoms with van der Waals surface area (Å²) in [7, 11) is 1.75. The molecule has 1 aliphatic heterocycles. The van der Waals surface area contributed by atoms with Crippen molar-refractivity contribution < 1.29 is 13.6 Å². The van der Waals surface area contributed by atoms with Gasteiger partial charge < -0.3 is 10.2 Å². The molecule has 3 nitrogen and oxygen atoms in total. The van der Waals surface area contributed by atoms with Gasteiger partial charge in [0.25, 0.3) is 0 Å². The minimum Gasteiger partial charge on any atom is -0.341 e. The third-order valence-electron chi connectivity index (χ3n) is 3.31. The molecule has 106 valence electrons. The van der Waals surface area contributed by atoms with Crippen LogP contribution in [0.4, 0.5) is 8.78 Å². The van der Waals surface area contributed by atoms with Crippen LogP contribution in [0.15, 0.2) is 18.2 Å². The molecule has 0 radical (unpaired) electrons. The number of likely N-dealkylation sites (N-methyl/N-ethyl adjacent to an activating group) is 1. The number of hydrogen-bond acceptors (Lipinski definition) is 2. The van der Waals surface area contributed by atoms with Gasteiger partial charge in [-0.05, 0) is 30.7 Å². The molecule has 0 bridgehead atoms. The molecule has 1 heterocycles. The molecule has 1 N–H and O–H groups in total. The Morgan fingerprint density at radius 3 is 2.74 bits per heavy atom. The van der Waals surface area contributed by atoms with Crippen LogP contribution in [0, 0.1) is 11.6 Å². The van der Waals surface area contributed by atoms with Gasteiger partial charge in [0.15, 0.2) is 11.6 Å². The maximum Gasteiger partial charge on any atom is 0.227 e. The fourth-order valence-electron chi connectivity index (χ4n) is 2.12. The molecule has 0 aromatic heterocycles. The average Bonchev–Trinajstić information content (AvgIpc) is 2.86. The number of rotatable bonds is 3. The van der Waals surface area contributed by atoms with Crippen molar-refractivity contribution >= 4 is 18.3 Å². The van der Waals surface area contributed by atoms with Crippen LogP contribution in [-0.2, 0) is 11.2 Å². The maximum absolute atomic E-state index is 13.0. The first-order chi connectivity index (χ1) is 8.58. The Labute approximate surface area is 117 Å². The lowest BCUT2D eigenvalue weighted by Gasteiger charge is -2.23. The Kier molecular flexibility index (Phi) is 5.69. The number of halogens is 3. The van der Waals surface area contributed by atoms with Crippen LogP contribution < -0.4 is 5.32 Å². The fourth-order valence-corrected chi connectivity index (χ4v) is 2.12. The zero-order chi connectivity index (χ0) is 13.1. The van der Waals surface area contributed by atoms with E-state index in [1.165, 1.54) is 6.07 Å². The van der Waals surface area contributed by atoms with E-state index in [2.05, 4.69) is 5.32 Å². The molecule has 0 spiro atoms. The monoisotopic (exact) mass is 290 g/mol. The summed E-state index contributed by atoms with van der Waals surface area (Å²) >= 11 is 0. The summed E-state index contributed by atoms with van der Waals surface area (Å²) in [6.45, 7) is 1.70. The number of carbonyl (C=O) groups excluding carboxylic acids is 1. The number of nitrogens with zero attached hydrogens (tertiary/aromatic N) is 1. The van der Waals surface area contributed by atoms with E-state index < -0.39 is 11.6 Å². The molecule has 1 aliphatic rings. The molecule has 1 saturated heterocycles. The van der Waals surface area contributed by atoms with Crippen LogP contribution in [0.2, 0.25) is 0 Å². The minimum atomic E-state index is -0.912. The van der Waals surface area contributed by atoms with Crippen molar-refractivity contribution in [2.45, 2.75) is 18.9 Å². The highest BCUT2D eigenvalue weighted by atomic mass is 35.5. The van der Waals surface area contributed by atoms with Crippen LogP contribution in [0.25, 0.3) is 0 Å². The van der Waals surface area contributed by atoms with E-state index in [0.29, 0.717) is 5.56 Å². The maximum atomic E-state index is 13.0. The second-order valence-electron chi connectivity index (χ2n) is 4.58.